The predicted molar refractivity (Wildman–Crippen MR) is 99.5 cm³/mol. The number of imide groups is 1. The molecule has 0 radical (unpaired) electrons. The Morgan fingerprint density at radius 1 is 1.25 bits per heavy atom. The van der Waals surface area contributed by atoms with Crippen LogP contribution in [0.2, 0.25) is 0 Å². The number of hydrogen-bond donors (Lipinski definition) is 1. The Bertz CT molecular complexity index is 935. The standard InChI is InChI=1S/C20H19N3O5/c1-27-17-7-5-13(10-21-17)22-18(24)12-4-6-15-16(9-12)20(26)23(19(15)25)11-14-3-2-8-28-14/h4-7,9-10,14H,2-3,8,11H2,1H3,(H,22,24). The Morgan fingerprint density at radius 2 is 2.07 bits per heavy atom. The van der Waals surface area contributed by atoms with Crippen LogP contribution in [0.4, 0.5) is 5.69 Å². The highest BCUT2D eigenvalue weighted by Gasteiger charge is 2.37. The van der Waals surface area contributed by atoms with Crippen LogP contribution in [-0.2, 0) is 4.74 Å². The number of ether oxygens (including phenoxy) is 2. The van der Waals surface area contributed by atoms with Gasteiger partial charge in [0.05, 0.1) is 42.8 Å². The third kappa shape index (κ3) is 3.34. The number of pyridine rings is 1. The first-order chi connectivity index (χ1) is 13.6. The smallest absolute Gasteiger partial charge is 0.261 e. The van der Waals surface area contributed by atoms with Gasteiger partial charge >= 0.3 is 0 Å². The van der Waals surface area contributed by atoms with Crippen LogP contribution in [0.25, 0.3) is 0 Å². The van der Waals surface area contributed by atoms with E-state index < -0.39 is 11.8 Å². The molecule has 1 saturated heterocycles. The molecule has 2 aromatic rings. The number of rotatable bonds is 5. The molecule has 1 unspecified atom stereocenters. The number of carbonyl (C=O) groups excluding carboxylic acids is 3. The normalized spacial score (nSPS) is 18.3. The predicted octanol–water partition coefficient (Wildman–Crippen LogP) is 2.12. The zero-order valence-electron chi connectivity index (χ0n) is 15.3. The summed E-state index contributed by atoms with van der Waals surface area (Å²) in [4.78, 5) is 43.0. The van der Waals surface area contributed by atoms with Gasteiger partial charge < -0.3 is 14.8 Å². The molecule has 0 spiro atoms. The monoisotopic (exact) mass is 381 g/mol. The second-order valence-electron chi connectivity index (χ2n) is 6.66. The van der Waals surface area contributed by atoms with E-state index in [0.29, 0.717) is 23.7 Å². The van der Waals surface area contributed by atoms with E-state index in [4.69, 9.17) is 9.47 Å². The molecule has 3 heterocycles. The van der Waals surface area contributed by atoms with E-state index in [1.54, 1.807) is 12.1 Å². The summed E-state index contributed by atoms with van der Waals surface area (Å²) in [5.41, 5.74) is 1.33. The summed E-state index contributed by atoms with van der Waals surface area (Å²) in [6.45, 7) is 0.893. The zero-order chi connectivity index (χ0) is 19.7. The molecule has 8 nitrogen and oxygen atoms in total. The van der Waals surface area contributed by atoms with Gasteiger partial charge in [-0.05, 0) is 37.1 Å². The van der Waals surface area contributed by atoms with E-state index in [2.05, 4.69) is 10.3 Å². The number of benzene rings is 1. The maximum Gasteiger partial charge on any atom is 0.261 e. The highest BCUT2D eigenvalue weighted by atomic mass is 16.5. The molecule has 144 valence electrons. The minimum atomic E-state index is -0.396. The van der Waals surface area contributed by atoms with Gasteiger partial charge in [-0.25, -0.2) is 4.98 Å². The molecule has 3 amide bonds. The molecule has 1 N–H and O–H groups in total. The number of nitrogens with zero attached hydrogens (tertiary/aromatic N) is 2. The molecule has 28 heavy (non-hydrogen) atoms. The third-order valence-corrected chi connectivity index (χ3v) is 4.85. The van der Waals surface area contributed by atoms with Gasteiger partial charge in [-0.2, -0.15) is 0 Å². The number of methoxy groups -OCH3 is 1. The highest BCUT2D eigenvalue weighted by Crippen LogP contribution is 2.26. The van der Waals surface area contributed by atoms with Crippen molar-refractivity contribution in [3.63, 3.8) is 0 Å². The van der Waals surface area contributed by atoms with Crippen LogP contribution >= 0.6 is 0 Å². The Balaban J connectivity index is 1.51. The molecular formula is C20H19N3O5. The van der Waals surface area contributed by atoms with E-state index in [-0.39, 0.29) is 29.7 Å². The van der Waals surface area contributed by atoms with Crippen LogP contribution in [-0.4, -0.2) is 54.0 Å². The Morgan fingerprint density at radius 3 is 2.75 bits per heavy atom. The maximum absolute atomic E-state index is 12.7. The van der Waals surface area contributed by atoms with Crippen molar-refractivity contribution in [1.29, 1.82) is 0 Å². The van der Waals surface area contributed by atoms with Crippen molar-refractivity contribution in [2.45, 2.75) is 18.9 Å². The summed E-state index contributed by atoms with van der Waals surface area (Å²) < 4.78 is 10.5. The molecule has 1 fully saturated rings. The van der Waals surface area contributed by atoms with Crippen molar-refractivity contribution in [3.8, 4) is 5.88 Å². The van der Waals surface area contributed by atoms with Crippen LogP contribution in [0.15, 0.2) is 36.5 Å². The number of nitrogens with one attached hydrogen (secondary N) is 1. The van der Waals surface area contributed by atoms with Crippen LogP contribution in [0.3, 0.4) is 0 Å². The molecule has 1 aromatic carbocycles. The second kappa shape index (κ2) is 7.40. The first kappa shape index (κ1) is 18.1. The number of fused-ring (bicyclic) bond motifs is 1. The first-order valence-electron chi connectivity index (χ1n) is 9.00. The lowest BCUT2D eigenvalue weighted by atomic mass is 10.1. The van der Waals surface area contributed by atoms with Crippen molar-refractivity contribution in [3.05, 3.63) is 53.2 Å². The fraction of sp³-hybridized carbons (Fsp3) is 0.300. The van der Waals surface area contributed by atoms with Gasteiger partial charge in [0.25, 0.3) is 17.7 Å². The zero-order valence-corrected chi connectivity index (χ0v) is 15.3. The van der Waals surface area contributed by atoms with Crippen LogP contribution in [0.5, 0.6) is 5.88 Å². The SMILES string of the molecule is COc1ccc(NC(=O)c2ccc3c(c2)C(=O)N(CC2CCCO2)C3=O)cn1. The summed E-state index contributed by atoms with van der Waals surface area (Å²) >= 11 is 0. The molecule has 1 atom stereocenters. The molecule has 1 aromatic heterocycles. The van der Waals surface area contributed by atoms with Crippen molar-refractivity contribution in [1.82, 2.24) is 9.88 Å². The molecule has 2 aliphatic heterocycles. The Labute approximate surface area is 161 Å². The minimum Gasteiger partial charge on any atom is -0.481 e. The van der Waals surface area contributed by atoms with Gasteiger partial charge in [0, 0.05) is 18.2 Å². The van der Waals surface area contributed by atoms with E-state index >= 15 is 0 Å². The summed E-state index contributed by atoms with van der Waals surface area (Å²) in [7, 11) is 1.51. The minimum absolute atomic E-state index is 0.118. The summed E-state index contributed by atoms with van der Waals surface area (Å²) in [6.07, 6.45) is 3.12. The Kier molecular flexibility index (Phi) is 4.79. The summed E-state index contributed by atoms with van der Waals surface area (Å²) in [6, 6.07) is 7.80. The van der Waals surface area contributed by atoms with Gasteiger partial charge in [-0.3, -0.25) is 19.3 Å². The average Bonchev–Trinajstić information content (AvgIpc) is 3.31. The number of amides is 3. The molecule has 2 aliphatic rings. The topological polar surface area (TPSA) is 97.8 Å². The van der Waals surface area contributed by atoms with Crippen LogP contribution < -0.4 is 10.1 Å². The van der Waals surface area contributed by atoms with Crippen molar-refractivity contribution in [2.24, 2.45) is 0 Å². The number of anilines is 1. The summed E-state index contributed by atoms with van der Waals surface area (Å²) in [5, 5.41) is 2.71. The van der Waals surface area contributed by atoms with E-state index in [1.165, 1.54) is 36.4 Å². The quantitative estimate of drug-likeness (QED) is 0.797. The highest BCUT2D eigenvalue weighted by molar-refractivity contribution is 6.22. The maximum atomic E-state index is 12.7. The number of hydrogen-bond acceptors (Lipinski definition) is 6. The van der Waals surface area contributed by atoms with E-state index in [1.807, 2.05) is 0 Å². The van der Waals surface area contributed by atoms with Crippen molar-refractivity contribution >= 4 is 23.4 Å². The lowest BCUT2D eigenvalue weighted by Crippen LogP contribution is -2.36. The first-order valence-corrected chi connectivity index (χ1v) is 9.00. The van der Waals surface area contributed by atoms with Crippen LogP contribution in [0, 0.1) is 0 Å². The van der Waals surface area contributed by atoms with Crippen molar-refractivity contribution in [2.75, 3.05) is 25.6 Å². The fourth-order valence-electron chi connectivity index (χ4n) is 3.37. The van der Waals surface area contributed by atoms with Crippen LogP contribution in [0.1, 0.15) is 43.9 Å². The molecule has 0 bridgehead atoms. The van der Waals surface area contributed by atoms with Gasteiger partial charge in [-0.1, -0.05) is 0 Å². The van der Waals surface area contributed by atoms with Crippen molar-refractivity contribution < 1.29 is 23.9 Å². The van der Waals surface area contributed by atoms with Gasteiger partial charge in [0.2, 0.25) is 5.88 Å². The fourth-order valence-corrected chi connectivity index (χ4v) is 3.37. The summed E-state index contributed by atoms with van der Waals surface area (Å²) in [5.74, 6) is -0.698. The molecule has 4 rings (SSSR count). The largest absolute Gasteiger partial charge is 0.481 e. The molecule has 0 aliphatic carbocycles. The molecule has 8 heteroatoms. The van der Waals surface area contributed by atoms with Gasteiger partial charge in [-0.15, -0.1) is 0 Å². The Hall–Kier alpha value is -3.26. The average molecular weight is 381 g/mol. The lowest BCUT2D eigenvalue weighted by Gasteiger charge is -2.17. The number of carbonyl (C=O) groups is 3. The lowest BCUT2D eigenvalue weighted by molar-refractivity contribution is 0.0475. The van der Waals surface area contributed by atoms with Gasteiger partial charge in [0.1, 0.15) is 0 Å². The second-order valence-corrected chi connectivity index (χ2v) is 6.66. The van der Waals surface area contributed by atoms with E-state index in [0.717, 1.165) is 12.8 Å². The molecular weight excluding hydrogens is 362 g/mol. The van der Waals surface area contributed by atoms with E-state index in [9.17, 15) is 14.4 Å². The van der Waals surface area contributed by atoms with Gasteiger partial charge in [0.15, 0.2) is 0 Å². The molecule has 0 saturated carbocycles. The third-order valence-electron chi connectivity index (χ3n) is 4.85. The number of aromatic nitrogens is 1.